The van der Waals surface area contributed by atoms with Crippen LogP contribution in [0.25, 0.3) is 0 Å². The smallest absolute Gasteiger partial charge is 0.0605 e. The van der Waals surface area contributed by atoms with Gasteiger partial charge < -0.3 is 10.2 Å². The van der Waals surface area contributed by atoms with E-state index in [4.69, 9.17) is 0 Å². The molecule has 7 fully saturated rings. The van der Waals surface area contributed by atoms with Crippen molar-refractivity contribution in [3.8, 4) is 0 Å². The summed E-state index contributed by atoms with van der Waals surface area (Å²) in [5.41, 5.74) is 0. The fourth-order valence-electron chi connectivity index (χ4n) is 10.9. The molecule has 0 aromatic heterocycles. The Hall–Kier alpha value is -0.0800. The Bertz CT molecular complexity index is 537. The van der Waals surface area contributed by atoms with Gasteiger partial charge in [0.25, 0.3) is 0 Å². The molecule has 7 saturated carbocycles. The molecule has 22 heavy (non-hydrogen) atoms. The number of aliphatic hydroxyl groups is 2. The van der Waals surface area contributed by atoms with Crippen LogP contribution in [0, 0.1) is 76.9 Å². The first-order valence-corrected chi connectivity index (χ1v) is 10.1. The van der Waals surface area contributed by atoms with Crippen LogP contribution in [0.1, 0.15) is 32.1 Å². The Morgan fingerprint density at radius 2 is 1.23 bits per heavy atom. The first-order chi connectivity index (χ1) is 10.8. The second-order valence-corrected chi connectivity index (χ2v) is 10.1. The van der Waals surface area contributed by atoms with Gasteiger partial charge in [-0.3, -0.25) is 0 Å². The first-order valence-electron chi connectivity index (χ1n) is 10.1. The Morgan fingerprint density at radius 1 is 0.591 bits per heavy atom. The molecule has 0 bridgehead atoms. The number of hydrogen-bond donors (Lipinski definition) is 2. The maximum absolute atomic E-state index is 11.1. The van der Waals surface area contributed by atoms with Gasteiger partial charge in [-0.1, -0.05) is 6.42 Å². The lowest BCUT2D eigenvalue weighted by Gasteiger charge is -2.31. The molecule has 14 atom stereocenters. The van der Waals surface area contributed by atoms with E-state index in [1.54, 1.807) is 0 Å². The Morgan fingerprint density at radius 3 is 2.05 bits per heavy atom. The lowest BCUT2D eigenvalue weighted by molar-refractivity contribution is 0.0456. The molecule has 0 heterocycles. The third kappa shape index (κ3) is 0.989. The van der Waals surface area contributed by atoms with E-state index in [9.17, 15) is 10.2 Å². The van der Waals surface area contributed by atoms with Gasteiger partial charge in [0.2, 0.25) is 0 Å². The van der Waals surface area contributed by atoms with E-state index in [2.05, 4.69) is 0 Å². The molecule has 0 amide bonds. The van der Waals surface area contributed by atoms with Gasteiger partial charge in [-0.05, 0) is 103 Å². The Labute approximate surface area is 132 Å². The van der Waals surface area contributed by atoms with Crippen LogP contribution in [-0.4, -0.2) is 22.9 Å². The molecule has 2 nitrogen and oxygen atoms in total. The highest BCUT2D eigenvalue weighted by molar-refractivity contribution is 5.27. The summed E-state index contributed by atoms with van der Waals surface area (Å²) in [6.07, 6.45) is 7.00. The van der Waals surface area contributed by atoms with Crippen LogP contribution in [0.4, 0.5) is 0 Å². The first kappa shape index (κ1) is 12.3. The normalized spacial score (nSPS) is 75.0. The quantitative estimate of drug-likeness (QED) is 0.780. The minimum Gasteiger partial charge on any atom is -0.396 e. The lowest BCUT2D eigenvalue weighted by Crippen LogP contribution is -2.30. The summed E-state index contributed by atoms with van der Waals surface area (Å²) >= 11 is 0. The highest BCUT2D eigenvalue weighted by Gasteiger charge is 2.80. The average molecular weight is 300 g/mol. The third-order valence-corrected chi connectivity index (χ3v) is 10.5. The van der Waals surface area contributed by atoms with Crippen molar-refractivity contribution in [3.63, 3.8) is 0 Å². The molecule has 7 aliphatic carbocycles. The molecular weight excluding hydrogens is 272 g/mol. The fourth-order valence-corrected chi connectivity index (χ4v) is 10.9. The molecule has 0 spiro atoms. The summed E-state index contributed by atoms with van der Waals surface area (Å²) < 4.78 is 0. The van der Waals surface area contributed by atoms with Gasteiger partial charge in [0.1, 0.15) is 0 Å². The standard InChI is InChI=1S/C20H28O2/c21-6-11-12-7-2-1-3-8(7)15-16(12)17-14(11)9-4-5-10-13(9)18(17)19(15)20(10)22/h7-22H,1-6H2/t7-,8-,9+,10+,11+,12+,13-,14-,15-,16-,17+,18+,19-,20+/m0/s1. The van der Waals surface area contributed by atoms with Crippen molar-refractivity contribution in [3.05, 3.63) is 0 Å². The number of rotatable bonds is 1. The zero-order valence-corrected chi connectivity index (χ0v) is 13.2. The van der Waals surface area contributed by atoms with Crippen LogP contribution in [0.2, 0.25) is 0 Å². The predicted molar refractivity (Wildman–Crippen MR) is 81.5 cm³/mol. The Balaban J connectivity index is 1.46. The fraction of sp³-hybridized carbons (Fsp3) is 1.00. The van der Waals surface area contributed by atoms with Crippen LogP contribution in [0.5, 0.6) is 0 Å². The van der Waals surface area contributed by atoms with E-state index in [0.29, 0.717) is 24.4 Å². The molecule has 120 valence electrons. The predicted octanol–water partition coefficient (Wildman–Crippen LogP) is 2.40. The van der Waals surface area contributed by atoms with E-state index in [-0.39, 0.29) is 6.10 Å². The molecular formula is C20H28O2. The summed E-state index contributed by atoms with van der Waals surface area (Å²) in [7, 11) is 0. The topological polar surface area (TPSA) is 40.5 Å². The van der Waals surface area contributed by atoms with E-state index < -0.39 is 0 Å². The summed E-state index contributed by atoms with van der Waals surface area (Å²) in [6, 6.07) is 0. The van der Waals surface area contributed by atoms with Crippen LogP contribution in [0.3, 0.4) is 0 Å². The van der Waals surface area contributed by atoms with Gasteiger partial charge in [-0.2, -0.15) is 0 Å². The molecule has 0 radical (unpaired) electrons. The van der Waals surface area contributed by atoms with Crippen molar-refractivity contribution >= 4 is 0 Å². The number of fused-ring (bicyclic) bond motifs is 5. The third-order valence-electron chi connectivity index (χ3n) is 10.5. The van der Waals surface area contributed by atoms with E-state index in [1.807, 2.05) is 0 Å². The highest BCUT2D eigenvalue weighted by atomic mass is 16.3. The van der Waals surface area contributed by atoms with Crippen molar-refractivity contribution in [2.75, 3.05) is 6.61 Å². The lowest BCUT2D eigenvalue weighted by atomic mass is 9.75. The summed E-state index contributed by atoms with van der Waals surface area (Å²) in [4.78, 5) is 0. The molecule has 0 aromatic carbocycles. The molecule has 0 aliphatic heterocycles. The van der Waals surface area contributed by atoms with Crippen molar-refractivity contribution in [1.82, 2.24) is 0 Å². The average Bonchev–Trinajstić information content (AvgIpc) is 3.26. The van der Waals surface area contributed by atoms with E-state index in [1.165, 1.54) is 32.1 Å². The zero-order chi connectivity index (χ0) is 14.3. The largest absolute Gasteiger partial charge is 0.396 e. The molecule has 0 unspecified atom stereocenters. The molecule has 0 aromatic rings. The van der Waals surface area contributed by atoms with Crippen LogP contribution < -0.4 is 0 Å². The van der Waals surface area contributed by atoms with Crippen molar-refractivity contribution in [1.29, 1.82) is 0 Å². The SMILES string of the molecule is OC[C@H]1[C@@H]2[C@@H]3CC[C@H]4[C@@H](O)[C@H]5[C@H]6[C@H]7CCC[C@@H]7[C@H]1[C@@H]6[C@@H]2[C@H]5[C@H]43. The maximum Gasteiger partial charge on any atom is 0.0605 e. The van der Waals surface area contributed by atoms with Gasteiger partial charge in [-0.25, -0.2) is 0 Å². The monoisotopic (exact) mass is 300 g/mol. The van der Waals surface area contributed by atoms with E-state index in [0.717, 1.165) is 59.2 Å². The Kier molecular flexibility index (Phi) is 2.02. The van der Waals surface area contributed by atoms with Crippen molar-refractivity contribution in [2.45, 2.75) is 38.2 Å². The van der Waals surface area contributed by atoms with Gasteiger partial charge >= 0.3 is 0 Å². The molecule has 7 rings (SSSR count). The van der Waals surface area contributed by atoms with Crippen LogP contribution >= 0.6 is 0 Å². The number of hydrogen-bond acceptors (Lipinski definition) is 2. The van der Waals surface area contributed by atoms with Gasteiger partial charge in [-0.15, -0.1) is 0 Å². The minimum absolute atomic E-state index is 0.0455. The summed E-state index contributed by atoms with van der Waals surface area (Å²) in [5, 5.41) is 21.4. The molecule has 7 aliphatic rings. The highest BCUT2D eigenvalue weighted by Crippen LogP contribution is 2.82. The van der Waals surface area contributed by atoms with Crippen LogP contribution in [-0.2, 0) is 0 Å². The molecule has 2 N–H and O–H groups in total. The van der Waals surface area contributed by atoms with Crippen molar-refractivity contribution < 1.29 is 10.2 Å². The van der Waals surface area contributed by atoms with E-state index >= 15 is 0 Å². The molecule has 2 heteroatoms. The van der Waals surface area contributed by atoms with Crippen LogP contribution in [0.15, 0.2) is 0 Å². The summed E-state index contributed by atoms with van der Waals surface area (Å²) in [6.45, 7) is 0.464. The second kappa shape index (κ2) is 3.61. The van der Waals surface area contributed by atoms with Gasteiger partial charge in [0, 0.05) is 6.61 Å². The summed E-state index contributed by atoms with van der Waals surface area (Å²) in [5.74, 6) is 10.8. The molecule has 0 saturated heterocycles. The maximum atomic E-state index is 11.1. The van der Waals surface area contributed by atoms with Gasteiger partial charge in [0.05, 0.1) is 6.10 Å². The zero-order valence-electron chi connectivity index (χ0n) is 13.2. The minimum atomic E-state index is 0.0455. The van der Waals surface area contributed by atoms with Crippen molar-refractivity contribution in [2.24, 2.45) is 76.9 Å². The van der Waals surface area contributed by atoms with Gasteiger partial charge in [0.15, 0.2) is 0 Å². The number of aliphatic hydroxyl groups excluding tert-OH is 2. The second-order valence-electron chi connectivity index (χ2n) is 10.1.